The normalized spacial score (nSPS) is 11.7. The van der Waals surface area contributed by atoms with E-state index in [1.807, 2.05) is 42.0 Å². The molecule has 1 atom stereocenters. The van der Waals surface area contributed by atoms with Crippen LogP contribution < -0.4 is 15.4 Å². The van der Waals surface area contributed by atoms with Crippen molar-refractivity contribution in [2.45, 2.75) is 44.4 Å². The van der Waals surface area contributed by atoms with E-state index in [9.17, 15) is 9.59 Å². The largest absolute Gasteiger partial charge is 0.497 e. The zero-order chi connectivity index (χ0) is 25.9. The number of ether oxygens (including phenoxy) is 1. The lowest BCUT2D eigenvalue weighted by molar-refractivity contribution is -0.113. The number of anilines is 1. The van der Waals surface area contributed by atoms with Gasteiger partial charge < -0.3 is 19.9 Å². The van der Waals surface area contributed by atoms with Crippen molar-refractivity contribution in [3.05, 3.63) is 65.5 Å². The Morgan fingerprint density at radius 1 is 1.06 bits per heavy atom. The third-order valence-corrected chi connectivity index (χ3v) is 7.23. The van der Waals surface area contributed by atoms with Gasteiger partial charge in [-0.15, -0.1) is 10.2 Å². The maximum absolute atomic E-state index is 13.0. The Bertz CT molecular complexity index is 1130. The van der Waals surface area contributed by atoms with Crippen LogP contribution in [0.4, 0.5) is 5.69 Å². The SMILES string of the molecule is CCc1ccc(NC(=O)CSc2nnc([C@H](CCSC)NC(=O)c3ccc(OC)cc3)n2CC)cc1. The van der Waals surface area contributed by atoms with Crippen molar-refractivity contribution in [2.75, 3.05) is 30.2 Å². The second kappa shape index (κ2) is 13.9. The van der Waals surface area contributed by atoms with Crippen LogP contribution in [0.5, 0.6) is 5.75 Å². The third-order valence-electron chi connectivity index (χ3n) is 5.62. The van der Waals surface area contributed by atoms with Crippen molar-refractivity contribution in [2.24, 2.45) is 0 Å². The Hall–Kier alpha value is -2.98. The first kappa shape index (κ1) is 27.6. The van der Waals surface area contributed by atoms with Gasteiger partial charge in [-0.25, -0.2) is 0 Å². The number of nitrogens with zero attached hydrogens (tertiary/aromatic N) is 3. The summed E-state index contributed by atoms with van der Waals surface area (Å²) in [4.78, 5) is 25.5. The number of benzene rings is 2. The summed E-state index contributed by atoms with van der Waals surface area (Å²) in [5.74, 6) is 2.15. The first-order valence-corrected chi connectivity index (χ1v) is 14.3. The number of amides is 2. The fourth-order valence-electron chi connectivity index (χ4n) is 3.60. The predicted molar refractivity (Wildman–Crippen MR) is 147 cm³/mol. The third kappa shape index (κ3) is 7.51. The summed E-state index contributed by atoms with van der Waals surface area (Å²) in [6.45, 7) is 4.72. The summed E-state index contributed by atoms with van der Waals surface area (Å²) in [6, 6.07) is 14.5. The minimum atomic E-state index is -0.306. The Kier molecular flexibility index (Phi) is 10.7. The molecule has 192 valence electrons. The fraction of sp³-hybridized carbons (Fsp3) is 0.385. The minimum absolute atomic E-state index is 0.108. The molecule has 0 aliphatic heterocycles. The molecule has 0 radical (unpaired) electrons. The van der Waals surface area contributed by atoms with Crippen molar-refractivity contribution in [1.82, 2.24) is 20.1 Å². The number of aromatic nitrogens is 3. The topological polar surface area (TPSA) is 98.1 Å². The molecule has 10 heteroatoms. The van der Waals surface area contributed by atoms with Crippen molar-refractivity contribution in [3.8, 4) is 5.75 Å². The maximum atomic E-state index is 13.0. The van der Waals surface area contributed by atoms with Crippen molar-refractivity contribution in [1.29, 1.82) is 0 Å². The van der Waals surface area contributed by atoms with Gasteiger partial charge in [0, 0.05) is 17.8 Å². The van der Waals surface area contributed by atoms with Gasteiger partial charge >= 0.3 is 0 Å². The van der Waals surface area contributed by atoms with Crippen molar-refractivity contribution >= 4 is 41.0 Å². The highest BCUT2D eigenvalue weighted by Gasteiger charge is 2.23. The zero-order valence-electron chi connectivity index (χ0n) is 21.1. The number of thioether (sulfide) groups is 2. The molecule has 1 heterocycles. The monoisotopic (exact) mass is 527 g/mol. The highest BCUT2D eigenvalue weighted by molar-refractivity contribution is 7.99. The fourth-order valence-corrected chi connectivity index (χ4v) is 4.88. The van der Waals surface area contributed by atoms with Gasteiger partial charge in [-0.1, -0.05) is 30.8 Å². The lowest BCUT2D eigenvalue weighted by Gasteiger charge is -2.19. The average molecular weight is 528 g/mol. The van der Waals surface area contributed by atoms with Crippen LogP contribution >= 0.6 is 23.5 Å². The number of aryl methyl sites for hydroxylation is 1. The molecule has 2 aromatic carbocycles. The van der Waals surface area contributed by atoms with E-state index in [0.29, 0.717) is 35.3 Å². The molecule has 0 saturated heterocycles. The van der Waals surface area contributed by atoms with E-state index in [-0.39, 0.29) is 23.6 Å². The van der Waals surface area contributed by atoms with Gasteiger partial charge in [-0.05, 0) is 73.7 Å². The summed E-state index contributed by atoms with van der Waals surface area (Å²) in [5, 5.41) is 15.4. The molecule has 3 rings (SSSR count). The number of rotatable bonds is 13. The molecule has 1 aromatic heterocycles. The summed E-state index contributed by atoms with van der Waals surface area (Å²) >= 11 is 3.04. The summed E-state index contributed by atoms with van der Waals surface area (Å²) < 4.78 is 7.15. The van der Waals surface area contributed by atoms with Crippen LogP contribution in [0.3, 0.4) is 0 Å². The summed E-state index contributed by atoms with van der Waals surface area (Å²) in [5.41, 5.74) is 2.54. The van der Waals surface area contributed by atoms with E-state index in [1.165, 1.54) is 17.3 Å². The molecule has 36 heavy (non-hydrogen) atoms. The Balaban J connectivity index is 1.68. The molecule has 0 aliphatic carbocycles. The molecule has 0 saturated carbocycles. The number of nitrogens with one attached hydrogen (secondary N) is 2. The standard InChI is InChI=1S/C26H33N5O3S2/c1-5-18-7-11-20(12-8-18)27-23(32)17-36-26-30-29-24(31(26)6-2)22(15-16-35-4)28-25(33)19-9-13-21(34-3)14-10-19/h7-14,22H,5-6,15-17H2,1-4H3,(H,27,32)(H,28,33)/t22-/m0/s1. The minimum Gasteiger partial charge on any atom is -0.497 e. The van der Waals surface area contributed by atoms with Crippen LogP contribution in [0.2, 0.25) is 0 Å². The van der Waals surface area contributed by atoms with Crippen LogP contribution in [0.15, 0.2) is 53.7 Å². The van der Waals surface area contributed by atoms with E-state index in [4.69, 9.17) is 4.74 Å². The second-order valence-corrected chi connectivity index (χ2v) is 9.94. The average Bonchev–Trinajstić information content (AvgIpc) is 3.33. The Labute approximate surface area is 221 Å². The molecule has 3 aromatic rings. The maximum Gasteiger partial charge on any atom is 0.251 e. The number of carbonyl (C=O) groups excluding carboxylic acids is 2. The zero-order valence-corrected chi connectivity index (χ0v) is 22.7. The van der Waals surface area contributed by atoms with Gasteiger partial charge in [-0.3, -0.25) is 9.59 Å². The number of hydrogen-bond donors (Lipinski definition) is 2. The number of methoxy groups -OCH3 is 1. The van der Waals surface area contributed by atoms with Crippen LogP contribution in [0, 0.1) is 0 Å². The lowest BCUT2D eigenvalue weighted by atomic mass is 10.1. The lowest BCUT2D eigenvalue weighted by Crippen LogP contribution is -2.31. The predicted octanol–water partition coefficient (Wildman–Crippen LogP) is 4.82. The number of hydrogen-bond acceptors (Lipinski definition) is 7. The van der Waals surface area contributed by atoms with Crippen LogP contribution in [0.25, 0.3) is 0 Å². The molecule has 0 spiro atoms. The second-order valence-electron chi connectivity index (χ2n) is 8.01. The molecule has 8 nitrogen and oxygen atoms in total. The molecule has 0 fully saturated rings. The molecular weight excluding hydrogens is 494 g/mol. The van der Waals surface area contributed by atoms with E-state index >= 15 is 0 Å². The van der Waals surface area contributed by atoms with Crippen LogP contribution in [-0.2, 0) is 17.8 Å². The van der Waals surface area contributed by atoms with Gasteiger partial charge in [0.2, 0.25) is 5.91 Å². The van der Waals surface area contributed by atoms with Gasteiger partial charge in [0.1, 0.15) is 5.75 Å². The molecular formula is C26H33N5O3S2. The van der Waals surface area contributed by atoms with Gasteiger partial charge in [0.25, 0.3) is 5.91 Å². The van der Waals surface area contributed by atoms with E-state index < -0.39 is 0 Å². The highest BCUT2D eigenvalue weighted by Crippen LogP contribution is 2.24. The quantitative estimate of drug-likeness (QED) is 0.307. The van der Waals surface area contributed by atoms with Crippen LogP contribution in [-0.4, -0.2) is 51.5 Å². The Morgan fingerprint density at radius 2 is 1.78 bits per heavy atom. The molecule has 0 unspecified atom stereocenters. The van der Waals surface area contributed by atoms with Crippen molar-refractivity contribution < 1.29 is 14.3 Å². The van der Waals surface area contributed by atoms with Crippen LogP contribution in [0.1, 0.15) is 48.1 Å². The van der Waals surface area contributed by atoms with E-state index in [2.05, 4.69) is 27.8 Å². The first-order valence-electron chi connectivity index (χ1n) is 11.9. The van der Waals surface area contributed by atoms with Gasteiger partial charge in [0.15, 0.2) is 11.0 Å². The molecule has 0 bridgehead atoms. The number of carbonyl (C=O) groups is 2. The molecule has 0 aliphatic rings. The summed E-state index contributed by atoms with van der Waals surface area (Å²) in [7, 11) is 1.59. The van der Waals surface area contributed by atoms with Gasteiger partial charge in [-0.2, -0.15) is 11.8 Å². The highest BCUT2D eigenvalue weighted by atomic mass is 32.2. The van der Waals surface area contributed by atoms with E-state index in [0.717, 1.165) is 17.9 Å². The van der Waals surface area contributed by atoms with Gasteiger partial charge in [0.05, 0.1) is 18.9 Å². The van der Waals surface area contributed by atoms with Crippen molar-refractivity contribution in [3.63, 3.8) is 0 Å². The molecule has 2 amide bonds. The summed E-state index contributed by atoms with van der Waals surface area (Å²) in [6.07, 6.45) is 3.69. The first-order chi connectivity index (χ1) is 17.5. The smallest absolute Gasteiger partial charge is 0.251 e. The molecule has 2 N–H and O–H groups in total. The Morgan fingerprint density at radius 3 is 2.39 bits per heavy atom. The van der Waals surface area contributed by atoms with E-state index in [1.54, 1.807) is 43.1 Å².